The highest BCUT2D eigenvalue weighted by atomic mass is 16.1. The lowest BCUT2D eigenvalue weighted by Gasteiger charge is -2.00. The van der Waals surface area contributed by atoms with Crippen molar-refractivity contribution in [2.45, 2.75) is 6.42 Å². The molecule has 96 valence electrons. The smallest absolute Gasteiger partial charge is 0.160 e. The van der Waals surface area contributed by atoms with Crippen LogP contribution in [0.15, 0.2) is 48.7 Å². The van der Waals surface area contributed by atoms with E-state index in [-0.39, 0.29) is 12.2 Å². The van der Waals surface area contributed by atoms with Gasteiger partial charge in [-0.2, -0.15) is 0 Å². The predicted molar refractivity (Wildman–Crippen MR) is 77.2 cm³/mol. The maximum absolute atomic E-state index is 11.8. The molecule has 0 saturated carbocycles. The molecule has 2 rings (SSSR count). The monoisotopic (exact) mass is 253 g/mol. The molecule has 4 heteroatoms. The molecule has 2 aromatic rings. The third kappa shape index (κ3) is 3.67. The maximum atomic E-state index is 11.8. The average molecular weight is 253 g/mol. The molecule has 0 spiro atoms. The van der Waals surface area contributed by atoms with Crippen molar-refractivity contribution in [1.82, 2.24) is 4.98 Å². The molecule has 0 radical (unpaired) electrons. The summed E-state index contributed by atoms with van der Waals surface area (Å²) in [6.07, 6.45) is 5.16. The van der Waals surface area contributed by atoms with Crippen LogP contribution in [0.2, 0.25) is 0 Å². The van der Waals surface area contributed by atoms with E-state index in [0.29, 0.717) is 11.5 Å². The quantitative estimate of drug-likeness (QED) is 0.645. The zero-order valence-electron chi connectivity index (χ0n) is 10.4. The van der Waals surface area contributed by atoms with Gasteiger partial charge in [0.15, 0.2) is 5.78 Å². The van der Waals surface area contributed by atoms with E-state index in [9.17, 15) is 4.79 Å². The van der Waals surface area contributed by atoms with Gasteiger partial charge in [0, 0.05) is 23.9 Å². The van der Waals surface area contributed by atoms with Gasteiger partial charge in [0.05, 0.1) is 0 Å². The number of carbonyl (C=O) groups excluding carboxylic acids is 1. The Balaban J connectivity index is 2.02. The third-order valence-corrected chi connectivity index (χ3v) is 2.69. The van der Waals surface area contributed by atoms with Gasteiger partial charge in [0.2, 0.25) is 0 Å². The van der Waals surface area contributed by atoms with Crippen LogP contribution in [0.3, 0.4) is 0 Å². The van der Waals surface area contributed by atoms with E-state index in [0.717, 1.165) is 11.1 Å². The number of pyridine rings is 1. The zero-order chi connectivity index (χ0) is 13.7. The van der Waals surface area contributed by atoms with Crippen LogP contribution in [0, 0.1) is 0 Å². The van der Waals surface area contributed by atoms with Crippen LogP contribution in [0.4, 0.5) is 11.5 Å². The van der Waals surface area contributed by atoms with Gasteiger partial charge in [-0.3, -0.25) is 4.79 Å². The number of nitrogen functional groups attached to an aromatic ring is 2. The summed E-state index contributed by atoms with van der Waals surface area (Å²) in [7, 11) is 0. The first-order valence-corrected chi connectivity index (χ1v) is 5.91. The van der Waals surface area contributed by atoms with Crippen LogP contribution in [-0.4, -0.2) is 10.8 Å². The van der Waals surface area contributed by atoms with Crippen LogP contribution in [0.5, 0.6) is 0 Å². The van der Waals surface area contributed by atoms with E-state index in [1.165, 1.54) is 6.08 Å². The Morgan fingerprint density at radius 1 is 1.16 bits per heavy atom. The molecule has 0 bridgehead atoms. The summed E-state index contributed by atoms with van der Waals surface area (Å²) < 4.78 is 0. The van der Waals surface area contributed by atoms with Gasteiger partial charge in [0.25, 0.3) is 0 Å². The molecule has 1 heterocycles. The average Bonchev–Trinajstić information content (AvgIpc) is 2.41. The molecule has 0 aliphatic heterocycles. The van der Waals surface area contributed by atoms with Gasteiger partial charge in [-0.05, 0) is 29.8 Å². The third-order valence-electron chi connectivity index (χ3n) is 2.69. The number of hydrogen-bond donors (Lipinski definition) is 2. The fourth-order valence-electron chi connectivity index (χ4n) is 1.64. The second-order valence-corrected chi connectivity index (χ2v) is 4.19. The topological polar surface area (TPSA) is 82.0 Å². The van der Waals surface area contributed by atoms with E-state index < -0.39 is 0 Å². The van der Waals surface area contributed by atoms with Crippen LogP contribution in [0.1, 0.15) is 11.1 Å². The molecule has 1 aromatic heterocycles. The van der Waals surface area contributed by atoms with E-state index in [2.05, 4.69) is 4.98 Å². The van der Waals surface area contributed by atoms with E-state index in [1.54, 1.807) is 36.5 Å². The standard InChI is InChI=1S/C15H15N3O/c16-13-6-3-11(4-7-13)5-8-14(19)10-12-2-1-9-18-15(12)17/h1-9H,10,16H2,(H2,17,18)/b8-5+. The molecule has 4 nitrogen and oxygen atoms in total. The lowest BCUT2D eigenvalue weighted by atomic mass is 10.1. The molecule has 0 aliphatic rings. The Morgan fingerprint density at radius 3 is 2.58 bits per heavy atom. The van der Waals surface area contributed by atoms with Crippen LogP contribution < -0.4 is 11.5 Å². The lowest BCUT2D eigenvalue weighted by Crippen LogP contribution is -2.03. The normalized spacial score (nSPS) is 10.7. The Labute approximate surface area is 111 Å². The Kier molecular flexibility index (Phi) is 3.93. The van der Waals surface area contributed by atoms with Crippen molar-refractivity contribution >= 4 is 23.4 Å². The molecular weight excluding hydrogens is 238 g/mol. The fourth-order valence-corrected chi connectivity index (χ4v) is 1.64. The summed E-state index contributed by atoms with van der Waals surface area (Å²) in [6, 6.07) is 10.9. The molecule has 0 saturated heterocycles. The van der Waals surface area contributed by atoms with Crippen LogP contribution in [0.25, 0.3) is 6.08 Å². The van der Waals surface area contributed by atoms with Crippen LogP contribution >= 0.6 is 0 Å². The minimum absolute atomic E-state index is 0.0171. The van der Waals surface area contributed by atoms with E-state index in [4.69, 9.17) is 11.5 Å². The molecule has 0 amide bonds. The number of benzene rings is 1. The van der Waals surface area contributed by atoms with Crippen molar-refractivity contribution in [3.63, 3.8) is 0 Å². The van der Waals surface area contributed by atoms with Crippen molar-refractivity contribution in [3.8, 4) is 0 Å². The first kappa shape index (κ1) is 12.8. The number of ketones is 1. The summed E-state index contributed by atoms with van der Waals surface area (Å²) in [6.45, 7) is 0. The summed E-state index contributed by atoms with van der Waals surface area (Å²) in [4.78, 5) is 15.8. The molecule has 0 fully saturated rings. The molecule has 0 unspecified atom stereocenters. The highest BCUT2D eigenvalue weighted by Gasteiger charge is 2.03. The molecule has 4 N–H and O–H groups in total. The number of hydrogen-bond acceptors (Lipinski definition) is 4. The largest absolute Gasteiger partial charge is 0.399 e. The maximum Gasteiger partial charge on any atom is 0.160 e. The number of rotatable bonds is 4. The lowest BCUT2D eigenvalue weighted by molar-refractivity contribution is -0.113. The van der Waals surface area contributed by atoms with Gasteiger partial charge in [-0.25, -0.2) is 4.98 Å². The summed E-state index contributed by atoms with van der Waals surface area (Å²) in [5.41, 5.74) is 13.7. The number of anilines is 2. The number of nitrogens with zero attached hydrogens (tertiary/aromatic N) is 1. The molecule has 0 atom stereocenters. The van der Waals surface area contributed by atoms with Crippen LogP contribution in [-0.2, 0) is 11.2 Å². The van der Waals surface area contributed by atoms with Crippen molar-refractivity contribution in [2.75, 3.05) is 11.5 Å². The van der Waals surface area contributed by atoms with Gasteiger partial charge in [-0.15, -0.1) is 0 Å². The predicted octanol–water partition coefficient (Wildman–Crippen LogP) is 2.07. The van der Waals surface area contributed by atoms with E-state index in [1.807, 2.05) is 12.1 Å². The second-order valence-electron chi connectivity index (χ2n) is 4.19. The zero-order valence-corrected chi connectivity index (χ0v) is 10.4. The van der Waals surface area contributed by atoms with Crippen molar-refractivity contribution in [3.05, 3.63) is 59.8 Å². The summed E-state index contributed by atoms with van der Waals surface area (Å²) in [5.74, 6) is 0.383. The first-order valence-electron chi connectivity index (χ1n) is 5.91. The SMILES string of the molecule is Nc1ccc(/C=C/C(=O)Cc2cccnc2N)cc1. The Morgan fingerprint density at radius 2 is 1.89 bits per heavy atom. The number of aromatic nitrogens is 1. The minimum Gasteiger partial charge on any atom is -0.399 e. The fraction of sp³-hybridized carbons (Fsp3) is 0.0667. The van der Waals surface area contributed by atoms with Crippen molar-refractivity contribution in [1.29, 1.82) is 0 Å². The van der Waals surface area contributed by atoms with E-state index >= 15 is 0 Å². The van der Waals surface area contributed by atoms with Crippen molar-refractivity contribution in [2.24, 2.45) is 0 Å². The second kappa shape index (κ2) is 5.82. The minimum atomic E-state index is -0.0171. The molecule has 0 aliphatic carbocycles. The summed E-state index contributed by atoms with van der Waals surface area (Å²) >= 11 is 0. The Hall–Kier alpha value is -2.62. The number of nitrogens with two attached hydrogens (primary N) is 2. The molecule has 1 aromatic carbocycles. The van der Waals surface area contributed by atoms with Crippen molar-refractivity contribution < 1.29 is 4.79 Å². The molecule has 19 heavy (non-hydrogen) atoms. The number of allylic oxidation sites excluding steroid dienone is 1. The Bertz CT molecular complexity index is 603. The van der Waals surface area contributed by atoms with Gasteiger partial charge >= 0.3 is 0 Å². The highest BCUT2D eigenvalue weighted by Crippen LogP contribution is 2.10. The number of carbonyl (C=O) groups is 1. The summed E-state index contributed by atoms with van der Waals surface area (Å²) in [5, 5.41) is 0. The van der Waals surface area contributed by atoms with Gasteiger partial charge in [-0.1, -0.05) is 24.3 Å². The first-order chi connectivity index (χ1) is 9.15. The van der Waals surface area contributed by atoms with Gasteiger partial charge < -0.3 is 11.5 Å². The van der Waals surface area contributed by atoms with Gasteiger partial charge in [0.1, 0.15) is 5.82 Å². The highest BCUT2D eigenvalue weighted by molar-refractivity contribution is 5.95. The molecular formula is C15H15N3O.